The molecule has 0 aliphatic rings. The van der Waals surface area contributed by atoms with E-state index >= 15 is 0 Å². The minimum absolute atomic E-state index is 0.0136. The van der Waals surface area contributed by atoms with Gasteiger partial charge in [0.2, 0.25) is 0 Å². The molecule has 0 radical (unpaired) electrons. The van der Waals surface area contributed by atoms with E-state index in [1.807, 2.05) is 21.1 Å². The minimum atomic E-state index is -4.42. The number of hydrogen-bond acceptors (Lipinski definition) is 7. The first-order valence-electron chi connectivity index (χ1n) is 38.8. The second-order valence-corrected chi connectivity index (χ2v) is 27.7. The Hall–Kier alpha value is -5.41. The van der Waals surface area contributed by atoms with E-state index in [1.165, 1.54) is 109 Å². The summed E-state index contributed by atoms with van der Waals surface area (Å²) in [5.74, 6) is -0.856. The molecule has 552 valence electrons. The molecule has 0 aliphatic carbocycles. The number of unbranched alkanes of at least 4 members (excludes halogenated alkanes) is 21. The molecule has 0 fully saturated rings. The molecule has 0 amide bonds. The van der Waals surface area contributed by atoms with E-state index in [0.29, 0.717) is 17.4 Å². The van der Waals surface area contributed by atoms with Crippen LogP contribution < -0.4 is 0 Å². The highest BCUT2D eigenvalue weighted by Crippen LogP contribution is 2.43. The maximum atomic E-state index is 12.9. The molecule has 0 aromatic heterocycles. The van der Waals surface area contributed by atoms with Gasteiger partial charge in [-0.1, -0.05) is 330 Å². The first-order chi connectivity index (χ1) is 48.0. The summed E-state index contributed by atoms with van der Waals surface area (Å²) in [5, 5.41) is 0. The van der Waals surface area contributed by atoms with Gasteiger partial charge in [-0.3, -0.25) is 18.6 Å². The lowest BCUT2D eigenvalue weighted by Crippen LogP contribution is -2.37. The zero-order valence-corrected chi connectivity index (χ0v) is 63.8. The summed E-state index contributed by atoms with van der Waals surface area (Å²) in [7, 11) is 1.43. The highest BCUT2D eigenvalue weighted by Gasteiger charge is 2.27. The molecular formula is C88H143NO8P+. The number of hydrogen-bond donors (Lipinski definition) is 1. The molecule has 2 unspecified atom stereocenters. The predicted molar refractivity (Wildman–Crippen MR) is 426 cm³/mol. The van der Waals surface area contributed by atoms with Crippen LogP contribution in [0.25, 0.3) is 0 Å². The third kappa shape index (κ3) is 79.6. The highest BCUT2D eigenvalue weighted by atomic mass is 31.2. The van der Waals surface area contributed by atoms with Gasteiger partial charge in [0.1, 0.15) is 19.8 Å². The van der Waals surface area contributed by atoms with Crippen molar-refractivity contribution in [3.05, 3.63) is 207 Å². The van der Waals surface area contributed by atoms with Crippen LogP contribution in [0, 0.1) is 0 Å². The molecule has 0 saturated heterocycles. The van der Waals surface area contributed by atoms with Crippen molar-refractivity contribution in [2.75, 3.05) is 47.5 Å². The standard InChI is InChI=1S/C88H142NO8P/c1-6-8-10-12-14-16-18-20-22-24-26-28-30-32-34-36-38-40-41-42-43-44-45-46-47-49-50-52-54-56-58-60-62-64-66-68-70-72-74-76-78-80-87(90)94-84-86(85-96-98(92,93)95-83-82-89(3,4)5)97-88(91)81-79-77-75-73-71-69-67-65-63-61-59-57-55-53-51-48-39-37-35-33-31-29-27-25-23-21-19-17-15-13-11-9-7-2/h8-11,14-17,20-23,26-29,32-35,38-40,42-43,48,53,55,59,61,65,67,71,73,86H,6-7,12-13,18-19,24-25,30-31,36-37,41,44-47,49-52,54,56-58,60,62-64,66,68-70,72,74-85H2,1-5H3/p+1/b10-8-,11-9-,16-14-,17-15-,22-20-,23-21-,28-26-,29-27-,34-32-,35-33-,40-38-,43-42-,48-39-,55-53-,61-59-,67-65-,73-71-. The second kappa shape index (κ2) is 75.8. The second-order valence-electron chi connectivity index (χ2n) is 26.3. The van der Waals surface area contributed by atoms with Gasteiger partial charge in [-0.15, -0.1) is 0 Å². The van der Waals surface area contributed by atoms with E-state index in [-0.39, 0.29) is 32.0 Å². The van der Waals surface area contributed by atoms with E-state index in [1.54, 1.807) is 0 Å². The number of carbonyl (C=O) groups is 2. The quantitative estimate of drug-likeness (QED) is 0.0211. The fraction of sp³-hybridized carbons (Fsp3) is 0.591. The maximum Gasteiger partial charge on any atom is 0.472 e. The molecule has 0 bridgehead atoms. The molecule has 9 nitrogen and oxygen atoms in total. The lowest BCUT2D eigenvalue weighted by Gasteiger charge is -2.24. The number of quaternary nitrogens is 1. The van der Waals surface area contributed by atoms with Crippen LogP contribution >= 0.6 is 7.82 Å². The average Bonchev–Trinajstić information content (AvgIpc) is 1.08. The summed E-state index contributed by atoms with van der Waals surface area (Å²) in [6.07, 6.45) is 120. The Morgan fingerprint density at radius 3 is 0.837 bits per heavy atom. The van der Waals surface area contributed by atoms with Gasteiger partial charge in [0, 0.05) is 12.8 Å². The molecule has 0 heterocycles. The first-order valence-corrected chi connectivity index (χ1v) is 40.3. The largest absolute Gasteiger partial charge is 0.472 e. The van der Waals surface area contributed by atoms with Crippen LogP contribution in [0.2, 0.25) is 0 Å². The molecule has 0 rings (SSSR count). The number of ether oxygens (including phenoxy) is 2. The number of allylic oxidation sites excluding steroid dienone is 34. The number of phosphoric acid groups is 1. The molecule has 0 aromatic carbocycles. The van der Waals surface area contributed by atoms with Crippen LogP contribution in [-0.4, -0.2) is 74.9 Å². The lowest BCUT2D eigenvalue weighted by atomic mass is 10.0. The number of carbonyl (C=O) groups excluding carboxylic acids is 2. The van der Waals surface area contributed by atoms with E-state index in [0.717, 1.165) is 141 Å². The monoisotopic (exact) mass is 1370 g/mol. The van der Waals surface area contributed by atoms with E-state index in [4.69, 9.17) is 18.5 Å². The van der Waals surface area contributed by atoms with Crippen LogP contribution in [0.4, 0.5) is 0 Å². The van der Waals surface area contributed by atoms with E-state index in [9.17, 15) is 19.0 Å². The number of nitrogens with zero attached hydrogens (tertiary/aromatic N) is 1. The Labute approximate surface area is 602 Å². The molecular weight excluding hydrogens is 1230 g/mol. The summed E-state index contributed by atoms with van der Waals surface area (Å²) >= 11 is 0. The predicted octanol–water partition coefficient (Wildman–Crippen LogP) is 26.2. The normalized spacial score (nSPS) is 14.2. The van der Waals surface area contributed by atoms with Crippen LogP contribution in [0.15, 0.2) is 207 Å². The van der Waals surface area contributed by atoms with Crippen molar-refractivity contribution in [1.82, 2.24) is 0 Å². The Morgan fingerprint density at radius 2 is 0.551 bits per heavy atom. The highest BCUT2D eigenvalue weighted by molar-refractivity contribution is 7.47. The van der Waals surface area contributed by atoms with Crippen molar-refractivity contribution in [3.8, 4) is 0 Å². The zero-order chi connectivity index (χ0) is 71.1. The van der Waals surface area contributed by atoms with Crippen LogP contribution in [-0.2, 0) is 32.7 Å². The smallest absolute Gasteiger partial charge is 0.462 e. The summed E-state index contributed by atoms with van der Waals surface area (Å²) in [6.45, 7) is 4.15. The van der Waals surface area contributed by atoms with Crippen molar-refractivity contribution < 1.29 is 42.1 Å². The topological polar surface area (TPSA) is 108 Å². The molecule has 0 saturated carbocycles. The minimum Gasteiger partial charge on any atom is -0.462 e. The molecule has 1 N–H and O–H groups in total. The van der Waals surface area contributed by atoms with Crippen molar-refractivity contribution in [2.24, 2.45) is 0 Å². The number of phosphoric ester groups is 1. The van der Waals surface area contributed by atoms with Gasteiger partial charge in [-0.05, 0) is 148 Å². The first kappa shape index (κ1) is 92.6. The third-order valence-corrected chi connectivity index (χ3v) is 16.8. The van der Waals surface area contributed by atoms with Crippen molar-refractivity contribution >= 4 is 19.8 Å². The van der Waals surface area contributed by atoms with Gasteiger partial charge < -0.3 is 18.9 Å². The molecule has 0 spiro atoms. The van der Waals surface area contributed by atoms with E-state index in [2.05, 4.69) is 220 Å². The van der Waals surface area contributed by atoms with Crippen LogP contribution in [0.1, 0.15) is 284 Å². The van der Waals surface area contributed by atoms with Gasteiger partial charge in [-0.2, -0.15) is 0 Å². The third-order valence-electron chi connectivity index (χ3n) is 15.8. The fourth-order valence-electron chi connectivity index (χ4n) is 9.97. The number of likely N-dealkylation sites (N-methyl/N-ethyl adjacent to an activating group) is 1. The Bertz CT molecular complexity index is 2410. The summed E-state index contributed by atoms with van der Waals surface area (Å²) in [5.41, 5.74) is 0. The van der Waals surface area contributed by atoms with Gasteiger partial charge >= 0.3 is 19.8 Å². The summed E-state index contributed by atoms with van der Waals surface area (Å²) < 4.78 is 34.7. The molecule has 0 aromatic rings. The SMILES string of the molecule is CC/C=C\C/C=C\C/C=C\C/C=C\C/C=C\C/C=C\C/C=C\C/C=C\C/C=C\C/C=C\CCCCC(=O)OC(COC(=O)CCCCCCCCCCCCCCCCCCCCC/C=C\C/C=C\C/C=C\C/C=C\C/C=C\C/C=C\C/C=C\CC)COP(=O)(O)OCC[N+](C)(C)C. The summed E-state index contributed by atoms with van der Waals surface area (Å²) in [4.78, 5) is 35.9. The summed E-state index contributed by atoms with van der Waals surface area (Å²) in [6, 6.07) is 0. The fourth-order valence-corrected chi connectivity index (χ4v) is 10.7. The Kier molecular flexibility index (Phi) is 71.6. The van der Waals surface area contributed by atoms with Gasteiger partial charge in [0.05, 0.1) is 27.7 Å². The van der Waals surface area contributed by atoms with Crippen molar-refractivity contribution in [3.63, 3.8) is 0 Å². The van der Waals surface area contributed by atoms with Crippen molar-refractivity contribution in [2.45, 2.75) is 290 Å². The molecule has 98 heavy (non-hydrogen) atoms. The Balaban J connectivity index is 4.10. The van der Waals surface area contributed by atoms with Crippen LogP contribution in [0.3, 0.4) is 0 Å². The number of rotatable bonds is 69. The molecule has 10 heteroatoms. The van der Waals surface area contributed by atoms with Crippen LogP contribution in [0.5, 0.6) is 0 Å². The van der Waals surface area contributed by atoms with Gasteiger partial charge in [0.25, 0.3) is 0 Å². The van der Waals surface area contributed by atoms with Gasteiger partial charge in [0.15, 0.2) is 6.10 Å². The van der Waals surface area contributed by atoms with Crippen molar-refractivity contribution in [1.29, 1.82) is 0 Å². The number of esters is 2. The average molecular weight is 1370 g/mol. The maximum absolute atomic E-state index is 12.9. The zero-order valence-electron chi connectivity index (χ0n) is 62.9. The Morgan fingerprint density at radius 1 is 0.316 bits per heavy atom. The molecule has 2 atom stereocenters. The van der Waals surface area contributed by atoms with Gasteiger partial charge in [-0.25, -0.2) is 4.57 Å². The molecule has 0 aliphatic heterocycles. The van der Waals surface area contributed by atoms with E-state index < -0.39 is 26.5 Å². The lowest BCUT2D eigenvalue weighted by molar-refractivity contribution is -0.870.